The summed E-state index contributed by atoms with van der Waals surface area (Å²) in [5, 5.41) is 24.0. The number of rotatable bonds is 7. The van der Waals surface area contributed by atoms with E-state index in [4.69, 9.17) is 4.99 Å². The lowest BCUT2D eigenvalue weighted by molar-refractivity contribution is 0.102. The minimum absolute atomic E-state index is 0.0234. The average molecular weight is 644 g/mol. The van der Waals surface area contributed by atoms with Gasteiger partial charge in [0.05, 0.1) is 23.6 Å². The number of nitrogens with one attached hydrogen (secondary N) is 3. The molecule has 1 fully saturated rings. The number of carbonyl (C=O) groups is 2. The molecule has 44 heavy (non-hydrogen) atoms. The van der Waals surface area contributed by atoms with Gasteiger partial charge in [0.2, 0.25) is 0 Å². The largest absolute Gasteiger partial charge is 0.465 e. The number of carbonyl (C=O) groups excluding carboxylic acids is 1. The molecule has 1 saturated heterocycles. The third-order valence-corrected chi connectivity index (χ3v) is 19.1. The van der Waals surface area contributed by atoms with Gasteiger partial charge in [-0.2, -0.15) is 5.26 Å². The van der Waals surface area contributed by atoms with Crippen LogP contribution in [0, 0.1) is 24.1 Å². The fourth-order valence-electron chi connectivity index (χ4n) is 6.69. The molecule has 14 heteroatoms. The molecule has 5 N–H and O–H groups in total. The van der Waals surface area contributed by atoms with Crippen molar-refractivity contribution in [3.8, 4) is 6.07 Å². The number of fused-ring (bicyclic) bond motifs is 1. The third-order valence-electron chi connectivity index (χ3n) is 9.62. The first-order chi connectivity index (χ1) is 20.6. The Morgan fingerprint density at radius 3 is 2.43 bits per heavy atom. The zero-order valence-corrected chi connectivity index (χ0v) is 28.2. The zero-order chi connectivity index (χ0) is 32.7. The van der Waals surface area contributed by atoms with Gasteiger partial charge in [0, 0.05) is 12.7 Å². The van der Waals surface area contributed by atoms with Gasteiger partial charge in [-0.25, -0.2) is 19.2 Å². The summed E-state index contributed by atoms with van der Waals surface area (Å²) in [7, 11) is -5.24. The van der Waals surface area contributed by atoms with Crippen LogP contribution < -0.4 is 20.5 Å². The number of nitrogens with zero attached hydrogens (tertiary/aromatic N) is 4. The van der Waals surface area contributed by atoms with E-state index in [1.807, 2.05) is 26.8 Å². The van der Waals surface area contributed by atoms with E-state index in [2.05, 4.69) is 25.3 Å². The number of pyridine rings is 2. The molecule has 0 saturated carbocycles. The molecule has 2 aliphatic heterocycles. The summed E-state index contributed by atoms with van der Waals surface area (Å²) in [6, 6.07) is 7.45. The van der Waals surface area contributed by atoms with Crippen LogP contribution in [0.1, 0.15) is 81.7 Å². The number of halogens is 1. The van der Waals surface area contributed by atoms with E-state index >= 15 is 4.39 Å². The first-order valence-corrected chi connectivity index (χ1v) is 19.2. The van der Waals surface area contributed by atoms with Crippen LogP contribution in [0.3, 0.4) is 0 Å². The highest BCUT2D eigenvalue weighted by atomic mass is 32.3. The molecule has 0 aliphatic carbocycles. The Bertz CT molecular complexity index is 1550. The lowest BCUT2D eigenvalue weighted by Gasteiger charge is -2.61. The molecule has 3 atom stereocenters. The van der Waals surface area contributed by atoms with Crippen LogP contribution in [-0.4, -0.2) is 62.1 Å². The topological polar surface area (TPSA) is 173 Å². The Balaban J connectivity index is 1.99. The fraction of sp³-hybridized carbons (Fsp3) is 0.533. The maximum absolute atomic E-state index is 17.1. The predicted octanol–water partition coefficient (Wildman–Crippen LogP) is 5.38. The maximum Gasteiger partial charge on any atom is 0.410 e. The summed E-state index contributed by atoms with van der Waals surface area (Å²) in [5.74, 6) is -0.945. The number of amides is 2. The van der Waals surface area contributed by atoms with E-state index in [0.717, 1.165) is 18.1 Å². The van der Waals surface area contributed by atoms with Crippen molar-refractivity contribution < 1.29 is 23.6 Å². The summed E-state index contributed by atoms with van der Waals surface area (Å²) < 4.78 is 31.6. The molecule has 2 aromatic rings. The molecule has 4 rings (SSSR count). The second kappa shape index (κ2) is 12.2. The first kappa shape index (κ1) is 33.5. The number of aliphatic imine (C=N–C) groups is 1. The van der Waals surface area contributed by atoms with Crippen LogP contribution in [0.4, 0.5) is 15.0 Å². The molecule has 0 bridgehead atoms. The minimum atomic E-state index is -2.81. The van der Waals surface area contributed by atoms with Crippen molar-refractivity contribution >= 4 is 47.4 Å². The molecule has 0 radical (unpaired) electrons. The minimum Gasteiger partial charge on any atom is -0.465 e. The number of hydrogen-bond donors (Lipinski definition) is 5. The summed E-state index contributed by atoms with van der Waals surface area (Å²) >= 11 is 0. The second-order valence-corrected chi connectivity index (χ2v) is 20.6. The number of aromatic nitrogens is 2. The van der Waals surface area contributed by atoms with E-state index in [-0.39, 0.29) is 23.0 Å². The Labute approximate surface area is 260 Å². The van der Waals surface area contributed by atoms with E-state index in [1.165, 1.54) is 6.20 Å². The smallest absolute Gasteiger partial charge is 0.410 e. The van der Waals surface area contributed by atoms with Gasteiger partial charge in [-0.3, -0.25) is 19.8 Å². The second-order valence-electron chi connectivity index (χ2n) is 12.2. The van der Waals surface area contributed by atoms with Crippen molar-refractivity contribution in [2.45, 2.75) is 95.0 Å². The predicted molar refractivity (Wildman–Crippen MR) is 174 cm³/mol. The van der Waals surface area contributed by atoms with Crippen molar-refractivity contribution in [1.82, 2.24) is 20.0 Å². The molecule has 0 unspecified atom stereocenters. The normalized spacial score (nSPS) is 24.5. The summed E-state index contributed by atoms with van der Waals surface area (Å²) in [6.45, 7) is 13.5. The third kappa shape index (κ3) is 5.40. The van der Waals surface area contributed by atoms with Gasteiger partial charge < -0.3 is 15.0 Å². The SMILES string of the molecule is CC[Si](CC)(CC)c1cc(NC(=O)c2ncc(C#N)cc2C)nc([C@@]2(C)N=C(NC(=O)O)C(C)(C)[S@]3(O)NCCC[C@@H]23)c1F. The standard InChI is InChI=1S/C30H42FN7O4SSi/c1-8-44(9-2,10-3)20-15-22(36-26(39)24-18(4)14-19(16-32)17-33-24)35-25(23(20)31)30(7)21-12-11-13-34-43(21,42)29(5,6)27(38-30)37-28(40)41/h14-15,17,21,34,42H,8-13H2,1-7H3,(H,37,38)(H,40,41)(H,35,36,39)/t21-,30-/m0/s1. The number of aryl methyl sites for hydroxylation is 1. The van der Waals surface area contributed by atoms with E-state index < -0.39 is 51.9 Å². The van der Waals surface area contributed by atoms with Crippen LogP contribution in [0.25, 0.3) is 0 Å². The van der Waals surface area contributed by atoms with E-state index in [0.29, 0.717) is 35.7 Å². The Hall–Kier alpha value is -3.38. The average Bonchev–Trinajstić information content (AvgIpc) is 2.98. The van der Waals surface area contributed by atoms with Gasteiger partial charge in [-0.1, -0.05) is 49.4 Å². The number of anilines is 1. The lowest BCUT2D eigenvalue weighted by Crippen LogP contribution is -2.64. The lowest BCUT2D eigenvalue weighted by atomic mass is 9.88. The van der Waals surface area contributed by atoms with Crippen LogP contribution >= 0.6 is 10.5 Å². The fourth-order valence-corrected chi connectivity index (χ4v) is 13.8. The molecule has 0 aromatic carbocycles. The van der Waals surface area contributed by atoms with Crippen molar-refractivity contribution in [3.05, 3.63) is 46.7 Å². The van der Waals surface area contributed by atoms with Crippen LogP contribution in [0.2, 0.25) is 18.1 Å². The van der Waals surface area contributed by atoms with Crippen molar-refractivity contribution in [2.24, 2.45) is 4.99 Å². The number of hydrogen-bond acceptors (Lipinski definition) is 8. The quantitative estimate of drug-likeness (QED) is 0.250. The van der Waals surface area contributed by atoms with Crippen LogP contribution in [0.5, 0.6) is 0 Å². The van der Waals surface area contributed by atoms with Gasteiger partial charge >= 0.3 is 6.09 Å². The highest BCUT2D eigenvalue weighted by molar-refractivity contribution is 8.29. The van der Waals surface area contributed by atoms with Gasteiger partial charge in [0.1, 0.15) is 40.5 Å². The monoisotopic (exact) mass is 643 g/mol. The van der Waals surface area contributed by atoms with Gasteiger partial charge in [0.15, 0.2) is 0 Å². The van der Waals surface area contributed by atoms with Gasteiger partial charge in [-0.15, -0.1) is 0 Å². The van der Waals surface area contributed by atoms with Gasteiger partial charge in [-0.05, 0) is 63.4 Å². The summed E-state index contributed by atoms with van der Waals surface area (Å²) in [5.41, 5.74) is -0.582. The molecule has 4 heterocycles. The Kier molecular flexibility index (Phi) is 9.28. The summed E-state index contributed by atoms with van der Waals surface area (Å²) in [6.07, 6.45) is 1.19. The van der Waals surface area contributed by atoms with Crippen LogP contribution in [0.15, 0.2) is 23.3 Å². The van der Waals surface area contributed by atoms with E-state index in [9.17, 15) is 24.5 Å². The molecule has 2 aromatic heterocycles. The van der Waals surface area contributed by atoms with Crippen molar-refractivity contribution in [3.63, 3.8) is 0 Å². The Morgan fingerprint density at radius 1 is 1.20 bits per heavy atom. The molecule has 2 aliphatic rings. The maximum atomic E-state index is 17.1. The van der Waals surface area contributed by atoms with Crippen LogP contribution in [-0.2, 0) is 5.54 Å². The number of amidine groups is 1. The van der Waals surface area contributed by atoms with Crippen molar-refractivity contribution in [2.75, 3.05) is 11.9 Å². The Morgan fingerprint density at radius 2 is 1.86 bits per heavy atom. The molecule has 0 spiro atoms. The molecule has 238 valence electrons. The highest BCUT2D eigenvalue weighted by Crippen LogP contribution is 2.66. The molecular weight excluding hydrogens is 602 g/mol. The highest BCUT2D eigenvalue weighted by Gasteiger charge is 2.61. The molecule has 11 nitrogen and oxygen atoms in total. The van der Waals surface area contributed by atoms with Crippen molar-refractivity contribution in [1.29, 1.82) is 5.26 Å². The van der Waals surface area contributed by atoms with Gasteiger partial charge in [0.25, 0.3) is 5.91 Å². The zero-order valence-electron chi connectivity index (χ0n) is 26.3. The molecule has 2 amide bonds. The van der Waals surface area contributed by atoms with E-state index in [1.54, 1.807) is 39.8 Å². The first-order valence-electron chi connectivity index (χ1n) is 14.9. The summed E-state index contributed by atoms with van der Waals surface area (Å²) in [4.78, 5) is 39.1. The molecular formula is C30H42FN7O4SSi. The number of nitriles is 1. The number of carboxylic acid groups (broad SMARTS) is 1.